The zero-order valence-electron chi connectivity index (χ0n) is 13.0. The second-order valence-electron chi connectivity index (χ2n) is 4.97. The van der Waals surface area contributed by atoms with Gasteiger partial charge < -0.3 is 10.2 Å². The van der Waals surface area contributed by atoms with Gasteiger partial charge >= 0.3 is 0 Å². The average Bonchev–Trinajstić information content (AvgIpc) is 2.90. The maximum Gasteiger partial charge on any atom is 0.198 e. The molecule has 0 fully saturated rings. The summed E-state index contributed by atoms with van der Waals surface area (Å²) in [6.45, 7) is 5.01. The lowest BCUT2D eigenvalue weighted by molar-refractivity contribution is 0.798. The molecule has 3 nitrogen and oxygen atoms in total. The summed E-state index contributed by atoms with van der Waals surface area (Å²) in [6.07, 6.45) is 5.70. The number of thioether (sulfide) groups is 1. The second-order valence-corrected chi connectivity index (χ2v) is 5.95. The highest BCUT2D eigenvalue weighted by Crippen LogP contribution is 2.27. The Morgan fingerprint density at radius 1 is 1.33 bits per heavy atom. The van der Waals surface area contributed by atoms with Crippen molar-refractivity contribution in [3.05, 3.63) is 29.8 Å². The normalized spacial score (nSPS) is 13.8. The summed E-state index contributed by atoms with van der Waals surface area (Å²) < 4.78 is 0. The lowest BCUT2D eigenvalue weighted by Gasteiger charge is -2.22. The highest BCUT2D eigenvalue weighted by Gasteiger charge is 2.21. The number of anilines is 1. The van der Waals surface area contributed by atoms with Crippen molar-refractivity contribution in [2.75, 3.05) is 36.5 Å². The fourth-order valence-electron chi connectivity index (χ4n) is 2.50. The molecule has 1 aliphatic rings. The van der Waals surface area contributed by atoms with Crippen LogP contribution in [0.1, 0.15) is 25.3 Å². The van der Waals surface area contributed by atoms with Gasteiger partial charge in [0.25, 0.3) is 0 Å². The molecule has 0 amide bonds. The summed E-state index contributed by atoms with van der Waals surface area (Å²) in [5, 5.41) is 3.43. The first-order valence-corrected chi connectivity index (χ1v) is 8.89. The van der Waals surface area contributed by atoms with Gasteiger partial charge in [-0.15, -0.1) is 24.0 Å². The Balaban J connectivity index is 0.00000220. The highest BCUT2D eigenvalue weighted by molar-refractivity contribution is 14.0. The maximum absolute atomic E-state index is 4.79. The predicted molar refractivity (Wildman–Crippen MR) is 107 cm³/mol. The van der Waals surface area contributed by atoms with E-state index >= 15 is 0 Å². The molecule has 1 aromatic carbocycles. The van der Waals surface area contributed by atoms with Crippen LogP contribution in [0.3, 0.4) is 0 Å². The van der Waals surface area contributed by atoms with Gasteiger partial charge in [0.05, 0.1) is 0 Å². The number of nitrogens with zero attached hydrogens (tertiary/aromatic N) is 2. The number of guanidine groups is 1. The van der Waals surface area contributed by atoms with Crippen molar-refractivity contribution in [3.63, 3.8) is 0 Å². The standard InChI is InChI=1S/C16H25N3S.HI/c1-3-17-16(18-11-6-7-13-20-2)19-12-10-14-8-4-5-9-15(14)19;/h4-5,8-9H,3,6-7,10-13H2,1-2H3,(H,17,18);1H. The Kier molecular flexibility index (Phi) is 9.15. The predicted octanol–water partition coefficient (Wildman–Crippen LogP) is 3.78. The summed E-state index contributed by atoms with van der Waals surface area (Å²) in [6, 6.07) is 8.65. The molecule has 1 aliphatic heterocycles. The summed E-state index contributed by atoms with van der Waals surface area (Å²) >= 11 is 1.91. The number of unbranched alkanes of at least 4 members (excludes halogenated alkanes) is 1. The van der Waals surface area contributed by atoms with Gasteiger partial charge in [0.1, 0.15) is 0 Å². The minimum Gasteiger partial charge on any atom is -0.356 e. The largest absolute Gasteiger partial charge is 0.356 e. The van der Waals surface area contributed by atoms with Gasteiger partial charge in [0.2, 0.25) is 0 Å². The minimum absolute atomic E-state index is 0. The number of fused-ring (bicyclic) bond motifs is 1. The molecule has 1 aromatic rings. The van der Waals surface area contributed by atoms with Crippen molar-refractivity contribution < 1.29 is 0 Å². The first-order chi connectivity index (χ1) is 9.86. The zero-order chi connectivity index (χ0) is 14.2. The molecule has 0 saturated heterocycles. The number of nitrogens with one attached hydrogen (secondary N) is 1. The SMILES string of the molecule is CCNC(=NCCCCSC)N1CCc2ccccc21.I. The van der Waals surface area contributed by atoms with Crippen molar-refractivity contribution in [2.24, 2.45) is 4.99 Å². The van der Waals surface area contributed by atoms with E-state index in [1.165, 1.54) is 29.8 Å². The molecule has 0 saturated carbocycles. The van der Waals surface area contributed by atoms with E-state index < -0.39 is 0 Å². The van der Waals surface area contributed by atoms with Crippen LogP contribution in [0.5, 0.6) is 0 Å². The summed E-state index contributed by atoms with van der Waals surface area (Å²) in [7, 11) is 0. The number of hydrogen-bond acceptors (Lipinski definition) is 2. The Morgan fingerprint density at radius 3 is 2.90 bits per heavy atom. The van der Waals surface area contributed by atoms with Crippen LogP contribution in [0, 0.1) is 0 Å². The van der Waals surface area contributed by atoms with Crippen LogP contribution in [-0.4, -0.2) is 37.6 Å². The molecule has 0 unspecified atom stereocenters. The van der Waals surface area contributed by atoms with Crippen LogP contribution in [0.2, 0.25) is 0 Å². The van der Waals surface area contributed by atoms with Gasteiger partial charge in [0.15, 0.2) is 5.96 Å². The van der Waals surface area contributed by atoms with E-state index in [-0.39, 0.29) is 24.0 Å². The molecule has 1 N–H and O–H groups in total. The van der Waals surface area contributed by atoms with Crippen LogP contribution in [0.4, 0.5) is 5.69 Å². The quantitative estimate of drug-likeness (QED) is 0.329. The Bertz CT molecular complexity index is 451. The van der Waals surface area contributed by atoms with Crippen LogP contribution >= 0.6 is 35.7 Å². The summed E-state index contributed by atoms with van der Waals surface area (Å²) in [5.41, 5.74) is 2.75. The van der Waals surface area contributed by atoms with Crippen LogP contribution in [-0.2, 0) is 6.42 Å². The van der Waals surface area contributed by atoms with E-state index in [1.807, 2.05) is 11.8 Å². The Morgan fingerprint density at radius 2 is 2.14 bits per heavy atom. The highest BCUT2D eigenvalue weighted by atomic mass is 127. The fourth-order valence-corrected chi connectivity index (χ4v) is 2.99. The molecule has 2 rings (SSSR count). The minimum atomic E-state index is 0. The third kappa shape index (κ3) is 5.36. The van der Waals surface area contributed by atoms with Gasteiger partial charge in [-0.1, -0.05) is 18.2 Å². The third-order valence-corrected chi connectivity index (χ3v) is 4.19. The van der Waals surface area contributed by atoms with Crippen molar-refractivity contribution in [2.45, 2.75) is 26.2 Å². The topological polar surface area (TPSA) is 27.6 Å². The van der Waals surface area contributed by atoms with Gasteiger partial charge in [0, 0.05) is 25.3 Å². The van der Waals surface area contributed by atoms with Crippen molar-refractivity contribution in [1.82, 2.24) is 5.32 Å². The summed E-state index contributed by atoms with van der Waals surface area (Å²) in [5.74, 6) is 2.28. The van der Waals surface area contributed by atoms with Crippen LogP contribution in [0.15, 0.2) is 29.3 Å². The smallest absolute Gasteiger partial charge is 0.198 e. The summed E-state index contributed by atoms with van der Waals surface area (Å²) in [4.78, 5) is 7.12. The number of aliphatic imine (C=N–C) groups is 1. The van der Waals surface area contributed by atoms with Crippen LogP contribution < -0.4 is 10.2 Å². The number of para-hydroxylation sites is 1. The molecule has 0 bridgehead atoms. The molecule has 118 valence electrons. The number of halogens is 1. The molecule has 5 heteroatoms. The molecule has 21 heavy (non-hydrogen) atoms. The van der Waals surface area contributed by atoms with E-state index in [1.54, 1.807) is 0 Å². The molecular weight excluding hydrogens is 393 g/mol. The van der Waals surface area contributed by atoms with Gasteiger partial charge in [-0.25, -0.2) is 0 Å². The number of hydrogen-bond donors (Lipinski definition) is 1. The molecule has 0 aliphatic carbocycles. The van der Waals surface area contributed by atoms with E-state index in [4.69, 9.17) is 4.99 Å². The lowest BCUT2D eigenvalue weighted by atomic mass is 10.2. The van der Waals surface area contributed by atoms with E-state index in [2.05, 4.69) is 47.7 Å². The molecule has 0 spiro atoms. The fraction of sp³-hybridized carbons (Fsp3) is 0.562. The molecular formula is C16H26IN3S. The maximum atomic E-state index is 4.79. The van der Waals surface area contributed by atoms with Crippen molar-refractivity contribution in [3.8, 4) is 0 Å². The van der Waals surface area contributed by atoms with E-state index in [9.17, 15) is 0 Å². The average molecular weight is 419 g/mol. The van der Waals surface area contributed by atoms with Crippen molar-refractivity contribution in [1.29, 1.82) is 0 Å². The number of rotatable bonds is 6. The molecule has 0 atom stereocenters. The molecule has 1 heterocycles. The Labute approximate surface area is 150 Å². The molecule has 0 radical (unpaired) electrons. The molecule has 0 aromatic heterocycles. The van der Waals surface area contributed by atoms with E-state index in [0.717, 1.165) is 32.0 Å². The van der Waals surface area contributed by atoms with E-state index in [0.29, 0.717) is 0 Å². The first kappa shape index (κ1) is 18.6. The van der Waals surface area contributed by atoms with Crippen LogP contribution in [0.25, 0.3) is 0 Å². The van der Waals surface area contributed by atoms with Gasteiger partial charge in [-0.3, -0.25) is 4.99 Å². The van der Waals surface area contributed by atoms with Gasteiger partial charge in [-0.05, 0) is 49.8 Å². The third-order valence-electron chi connectivity index (χ3n) is 3.50. The van der Waals surface area contributed by atoms with Gasteiger partial charge in [-0.2, -0.15) is 11.8 Å². The Hall–Kier alpha value is -0.430. The zero-order valence-corrected chi connectivity index (χ0v) is 16.1. The number of benzene rings is 1. The van der Waals surface area contributed by atoms with Crippen molar-refractivity contribution >= 4 is 47.4 Å². The lowest BCUT2D eigenvalue weighted by Crippen LogP contribution is -2.40. The first-order valence-electron chi connectivity index (χ1n) is 7.49. The monoisotopic (exact) mass is 419 g/mol. The second kappa shape index (κ2) is 10.3.